The number of nitrogens with zero attached hydrogens (tertiary/aromatic N) is 1. The Balaban J connectivity index is 1.88. The van der Waals surface area contributed by atoms with E-state index >= 15 is 0 Å². The number of carbonyl (C=O) groups is 3. The number of Topliss-reactive ketones (excluding diaryl/α,β-unsaturated/α-hetero) is 1. The second-order valence-corrected chi connectivity index (χ2v) is 6.93. The zero-order valence-electron chi connectivity index (χ0n) is 15.6. The van der Waals surface area contributed by atoms with Crippen molar-refractivity contribution in [1.29, 1.82) is 0 Å². The van der Waals surface area contributed by atoms with E-state index in [1.807, 2.05) is 0 Å². The average molecular weight is 361 g/mol. The number of nitrogens with one attached hydrogen (secondary N) is 2. The fourth-order valence-corrected chi connectivity index (χ4v) is 2.58. The van der Waals surface area contributed by atoms with Crippen LogP contribution in [0.25, 0.3) is 0 Å². The second kappa shape index (κ2) is 8.91. The van der Waals surface area contributed by atoms with Crippen LogP contribution in [0.5, 0.6) is 0 Å². The first-order valence-corrected chi connectivity index (χ1v) is 8.81. The van der Waals surface area contributed by atoms with Gasteiger partial charge in [0.25, 0.3) is 0 Å². The molecule has 0 unspecified atom stereocenters. The summed E-state index contributed by atoms with van der Waals surface area (Å²) in [7, 11) is 0. The van der Waals surface area contributed by atoms with Gasteiger partial charge in [-0.15, -0.1) is 0 Å². The lowest BCUT2D eigenvalue weighted by Gasteiger charge is -2.27. The standard InChI is InChI=1S/C19H27N3O4/c1-14(23)15-5-4-6-16(13-15)21-18(25)19(2,3)17(24)20-7-8-22-9-11-26-12-10-22/h4-6,13H,7-12H2,1-3H3,(H,20,24)(H,21,25). The van der Waals surface area contributed by atoms with Gasteiger partial charge in [0.05, 0.1) is 13.2 Å². The first-order chi connectivity index (χ1) is 12.3. The maximum absolute atomic E-state index is 12.5. The molecule has 0 saturated carbocycles. The molecular formula is C19H27N3O4. The predicted octanol–water partition coefficient (Wildman–Crippen LogP) is 1.30. The van der Waals surface area contributed by atoms with Crippen LogP contribution in [0.4, 0.5) is 5.69 Å². The van der Waals surface area contributed by atoms with Gasteiger partial charge in [-0.3, -0.25) is 19.3 Å². The Labute approximate surface area is 154 Å². The monoisotopic (exact) mass is 361 g/mol. The van der Waals surface area contributed by atoms with Gasteiger partial charge in [0.15, 0.2) is 5.78 Å². The van der Waals surface area contributed by atoms with Gasteiger partial charge in [0.1, 0.15) is 5.41 Å². The molecule has 0 radical (unpaired) electrons. The lowest BCUT2D eigenvalue weighted by Crippen LogP contribution is -2.48. The highest BCUT2D eigenvalue weighted by Gasteiger charge is 2.36. The van der Waals surface area contributed by atoms with Gasteiger partial charge >= 0.3 is 0 Å². The number of carbonyl (C=O) groups excluding carboxylic acids is 3. The van der Waals surface area contributed by atoms with Gasteiger partial charge in [-0.1, -0.05) is 12.1 Å². The number of anilines is 1. The minimum absolute atomic E-state index is 0.0822. The Bertz CT molecular complexity index is 667. The number of benzene rings is 1. The van der Waals surface area contributed by atoms with E-state index < -0.39 is 11.3 Å². The van der Waals surface area contributed by atoms with E-state index in [0.717, 1.165) is 19.6 Å². The van der Waals surface area contributed by atoms with E-state index in [-0.39, 0.29) is 11.7 Å². The molecule has 26 heavy (non-hydrogen) atoms. The zero-order valence-corrected chi connectivity index (χ0v) is 15.6. The van der Waals surface area contributed by atoms with Crippen LogP contribution in [0.2, 0.25) is 0 Å². The summed E-state index contributed by atoms with van der Waals surface area (Å²) in [4.78, 5) is 38.6. The van der Waals surface area contributed by atoms with E-state index in [4.69, 9.17) is 4.74 Å². The largest absolute Gasteiger partial charge is 0.379 e. The lowest BCUT2D eigenvalue weighted by molar-refractivity contribution is -0.138. The molecule has 142 valence electrons. The quantitative estimate of drug-likeness (QED) is 0.565. The van der Waals surface area contributed by atoms with Crippen molar-refractivity contribution >= 4 is 23.3 Å². The molecule has 2 N–H and O–H groups in total. The summed E-state index contributed by atoms with van der Waals surface area (Å²) >= 11 is 0. The molecule has 1 fully saturated rings. The minimum atomic E-state index is -1.22. The van der Waals surface area contributed by atoms with E-state index in [9.17, 15) is 14.4 Å². The molecule has 0 aliphatic carbocycles. The number of hydrogen-bond acceptors (Lipinski definition) is 5. The highest BCUT2D eigenvalue weighted by molar-refractivity contribution is 6.10. The van der Waals surface area contributed by atoms with Crippen LogP contribution in [0.15, 0.2) is 24.3 Å². The minimum Gasteiger partial charge on any atom is -0.379 e. The van der Waals surface area contributed by atoms with Crippen molar-refractivity contribution < 1.29 is 19.1 Å². The third kappa shape index (κ3) is 5.37. The summed E-state index contributed by atoms with van der Waals surface area (Å²) in [6.45, 7) is 8.97. The van der Waals surface area contributed by atoms with Crippen LogP contribution >= 0.6 is 0 Å². The van der Waals surface area contributed by atoms with E-state index in [0.29, 0.717) is 31.0 Å². The maximum Gasteiger partial charge on any atom is 0.239 e. The van der Waals surface area contributed by atoms with Gasteiger partial charge < -0.3 is 15.4 Å². The molecule has 0 atom stereocenters. The van der Waals surface area contributed by atoms with Crippen molar-refractivity contribution in [2.45, 2.75) is 20.8 Å². The summed E-state index contributed by atoms with van der Waals surface area (Å²) in [6.07, 6.45) is 0. The first-order valence-electron chi connectivity index (χ1n) is 8.81. The highest BCUT2D eigenvalue weighted by Crippen LogP contribution is 2.20. The maximum atomic E-state index is 12.5. The molecule has 7 nitrogen and oxygen atoms in total. The predicted molar refractivity (Wildman–Crippen MR) is 99.1 cm³/mol. The number of ether oxygens (including phenoxy) is 1. The molecule has 0 spiro atoms. The molecular weight excluding hydrogens is 334 g/mol. The number of hydrogen-bond donors (Lipinski definition) is 2. The van der Waals surface area contributed by atoms with Gasteiger partial charge in [0, 0.05) is 37.4 Å². The highest BCUT2D eigenvalue weighted by atomic mass is 16.5. The molecule has 7 heteroatoms. The third-order valence-corrected chi connectivity index (χ3v) is 4.48. The van der Waals surface area contributed by atoms with Gasteiger partial charge in [0.2, 0.25) is 11.8 Å². The van der Waals surface area contributed by atoms with Crippen molar-refractivity contribution in [3.63, 3.8) is 0 Å². The molecule has 1 saturated heterocycles. The summed E-state index contributed by atoms with van der Waals surface area (Å²) in [5.41, 5.74) is -0.218. The molecule has 1 aromatic carbocycles. The molecule has 0 aromatic heterocycles. The van der Waals surface area contributed by atoms with Crippen LogP contribution in [0.3, 0.4) is 0 Å². The average Bonchev–Trinajstić information content (AvgIpc) is 2.62. The van der Waals surface area contributed by atoms with Crippen LogP contribution < -0.4 is 10.6 Å². The molecule has 1 heterocycles. The number of morpholine rings is 1. The molecule has 1 aliphatic heterocycles. The topological polar surface area (TPSA) is 87.7 Å². The molecule has 0 bridgehead atoms. The summed E-state index contributed by atoms with van der Waals surface area (Å²) in [5.74, 6) is -0.825. The van der Waals surface area contributed by atoms with Gasteiger partial charge in [-0.2, -0.15) is 0 Å². The van der Waals surface area contributed by atoms with Crippen LogP contribution in [0.1, 0.15) is 31.1 Å². The summed E-state index contributed by atoms with van der Waals surface area (Å²) < 4.78 is 5.29. The van der Waals surface area contributed by atoms with E-state index in [2.05, 4.69) is 15.5 Å². The molecule has 1 aliphatic rings. The van der Waals surface area contributed by atoms with Crippen molar-refractivity contribution in [2.24, 2.45) is 5.41 Å². The Morgan fingerprint density at radius 3 is 2.50 bits per heavy atom. The number of rotatable bonds is 7. The Morgan fingerprint density at radius 2 is 1.85 bits per heavy atom. The SMILES string of the molecule is CC(=O)c1cccc(NC(=O)C(C)(C)C(=O)NCCN2CCOCC2)c1. The third-order valence-electron chi connectivity index (χ3n) is 4.48. The number of ketones is 1. The van der Waals surface area contributed by atoms with Crippen molar-refractivity contribution in [2.75, 3.05) is 44.7 Å². The Kier molecular flexibility index (Phi) is 6.88. The summed E-state index contributed by atoms with van der Waals surface area (Å²) in [5, 5.41) is 5.55. The fourth-order valence-electron chi connectivity index (χ4n) is 2.58. The Morgan fingerprint density at radius 1 is 1.15 bits per heavy atom. The number of amides is 2. The van der Waals surface area contributed by atoms with Crippen LogP contribution in [-0.2, 0) is 14.3 Å². The lowest BCUT2D eigenvalue weighted by atomic mass is 9.91. The van der Waals surface area contributed by atoms with Crippen LogP contribution in [-0.4, -0.2) is 61.9 Å². The van der Waals surface area contributed by atoms with Crippen molar-refractivity contribution in [3.05, 3.63) is 29.8 Å². The van der Waals surface area contributed by atoms with Gasteiger partial charge in [-0.05, 0) is 32.9 Å². The van der Waals surface area contributed by atoms with Crippen molar-refractivity contribution in [3.8, 4) is 0 Å². The molecule has 1 aromatic rings. The van der Waals surface area contributed by atoms with E-state index in [1.165, 1.54) is 6.92 Å². The molecule has 2 amide bonds. The van der Waals surface area contributed by atoms with Crippen molar-refractivity contribution in [1.82, 2.24) is 10.2 Å². The zero-order chi connectivity index (χ0) is 19.2. The Hall–Kier alpha value is -2.25. The summed E-state index contributed by atoms with van der Waals surface area (Å²) in [6, 6.07) is 6.67. The molecule has 2 rings (SSSR count). The fraction of sp³-hybridized carbons (Fsp3) is 0.526. The normalized spacial score (nSPS) is 15.3. The second-order valence-electron chi connectivity index (χ2n) is 6.93. The van der Waals surface area contributed by atoms with E-state index in [1.54, 1.807) is 38.1 Å². The first kappa shape index (κ1) is 20.1. The smallest absolute Gasteiger partial charge is 0.239 e. The van der Waals surface area contributed by atoms with Gasteiger partial charge in [-0.25, -0.2) is 0 Å². The van der Waals surface area contributed by atoms with Crippen LogP contribution in [0, 0.1) is 5.41 Å².